The van der Waals surface area contributed by atoms with Gasteiger partial charge in [0.2, 0.25) is 5.91 Å². The van der Waals surface area contributed by atoms with Crippen molar-refractivity contribution in [3.8, 4) is 5.75 Å². The molecule has 2 aromatic rings. The first kappa shape index (κ1) is 21.2. The number of hydrogen-bond acceptors (Lipinski definition) is 4. The Morgan fingerprint density at radius 2 is 2.10 bits per heavy atom. The maximum absolute atomic E-state index is 13.6. The highest BCUT2D eigenvalue weighted by molar-refractivity contribution is 6.11. The molecule has 3 heterocycles. The molecule has 4 amide bonds. The number of urea groups is 1. The number of unbranched alkanes of at least 4 members (excludes halogenated alkanes) is 2. The van der Waals surface area contributed by atoms with Gasteiger partial charge in [-0.15, -0.1) is 0 Å². The van der Waals surface area contributed by atoms with E-state index in [1.54, 1.807) is 25.9 Å². The monoisotopic (exact) mass is 426 g/mol. The SMILES string of the molecule is CCCCCNC(=O)C(C)N1C(=O)N2CCc3c([nH]c4ccc(OC)cc34)C2(C)C1=O. The number of amides is 4. The largest absolute Gasteiger partial charge is 0.497 e. The van der Waals surface area contributed by atoms with Gasteiger partial charge in [0.05, 0.1) is 12.8 Å². The summed E-state index contributed by atoms with van der Waals surface area (Å²) in [4.78, 5) is 45.5. The van der Waals surface area contributed by atoms with Crippen molar-refractivity contribution in [1.82, 2.24) is 20.1 Å². The highest BCUT2D eigenvalue weighted by atomic mass is 16.5. The topological polar surface area (TPSA) is 94.7 Å². The first-order valence-electron chi connectivity index (χ1n) is 11.0. The van der Waals surface area contributed by atoms with Crippen molar-refractivity contribution in [3.63, 3.8) is 0 Å². The van der Waals surface area contributed by atoms with Crippen molar-refractivity contribution in [3.05, 3.63) is 29.5 Å². The van der Waals surface area contributed by atoms with E-state index < -0.39 is 17.6 Å². The number of ether oxygens (including phenoxy) is 1. The number of fused-ring (bicyclic) bond motifs is 5. The quantitative estimate of drug-likeness (QED) is 0.526. The number of aromatic amines is 1. The summed E-state index contributed by atoms with van der Waals surface area (Å²) in [6.45, 7) is 6.44. The summed E-state index contributed by atoms with van der Waals surface area (Å²) in [6.07, 6.45) is 3.59. The lowest BCUT2D eigenvalue weighted by molar-refractivity contribution is -0.139. The number of hydrogen-bond donors (Lipinski definition) is 2. The molecule has 1 aromatic carbocycles. The lowest BCUT2D eigenvalue weighted by atomic mass is 9.87. The molecule has 2 aliphatic rings. The molecule has 0 radical (unpaired) electrons. The summed E-state index contributed by atoms with van der Waals surface area (Å²) in [5.41, 5.74) is 1.48. The third kappa shape index (κ3) is 3.16. The van der Waals surface area contributed by atoms with Gasteiger partial charge >= 0.3 is 6.03 Å². The van der Waals surface area contributed by atoms with Gasteiger partial charge < -0.3 is 19.9 Å². The fourth-order valence-electron chi connectivity index (χ4n) is 4.77. The Kier molecular flexibility index (Phi) is 5.41. The van der Waals surface area contributed by atoms with E-state index >= 15 is 0 Å². The zero-order valence-electron chi connectivity index (χ0n) is 18.6. The van der Waals surface area contributed by atoms with Crippen LogP contribution in [0.1, 0.15) is 51.3 Å². The number of methoxy groups -OCH3 is 1. The van der Waals surface area contributed by atoms with Gasteiger partial charge in [-0.05, 0) is 50.5 Å². The van der Waals surface area contributed by atoms with Crippen LogP contribution in [0.3, 0.4) is 0 Å². The second-order valence-electron chi connectivity index (χ2n) is 8.50. The van der Waals surface area contributed by atoms with Crippen LogP contribution in [0, 0.1) is 0 Å². The molecule has 4 rings (SSSR count). The molecule has 2 atom stereocenters. The predicted molar refractivity (Wildman–Crippen MR) is 117 cm³/mol. The summed E-state index contributed by atoms with van der Waals surface area (Å²) >= 11 is 0. The Balaban J connectivity index is 1.65. The van der Waals surface area contributed by atoms with Crippen LogP contribution in [0.2, 0.25) is 0 Å². The molecule has 2 aliphatic heterocycles. The molecule has 0 bridgehead atoms. The zero-order valence-corrected chi connectivity index (χ0v) is 18.6. The number of nitrogens with one attached hydrogen (secondary N) is 2. The number of nitrogens with zero attached hydrogens (tertiary/aromatic N) is 2. The molecular weight excluding hydrogens is 396 g/mol. The van der Waals surface area contributed by atoms with Gasteiger partial charge in [0.15, 0.2) is 5.54 Å². The molecule has 1 aromatic heterocycles. The second kappa shape index (κ2) is 7.90. The number of carbonyl (C=O) groups is 3. The van der Waals surface area contributed by atoms with Crippen molar-refractivity contribution in [2.24, 2.45) is 0 Å². The van der Waals surface area contributed by atoms with E-state index in [9.17, 15) is 14.4 Å². The molecule has 31 heavy (non-hydrogen) atoms. The minimum Gasteiger partial charge on any atom is -0.497 e. The van der Waals surface area contributed by atoms with Crippen LogP contribution >= 0.6 is 0 Å². The van der Waals surface area contributed by atoms with Crippen LogP contribution in [0.25, 0.3) is 10.9 Å². The summed E-state index contributed by atoms with van der Waals surface area (Å²) in [6, 6.07) is 4.46. The van der Waals surface area contributed by atoms with E-state index in [4.69, 9.17) is 4.74 Å². The van der Waals surface area contributed by atoms with Crippen LogP contribution in [-0.4, -0.2) is 58.9 Å². The molecule has 166 valence electrons. The standard InChI is InChI=1S/C23H30N4O4/c1-5-6-7-11-24-20(28)14(2)27-21(29)23(3)19-16(10-12-26(23)22(27)30)17-13-15(31-4)8-9-18(17)25-19/h8-9,13-14,25H,5-7,10-12H2,1-4H3,(H,24,28). The second-order valence-corrected chi connectivity index (χ2v) is 8.50. The molecule has 0 saturated carbocycles. The Labute approximate surface area is 181 Å². The van der Waals surface area contributed by atoms with Crippen LogP contribution in [0.15, 0.2) is 18.2 Å². The normalized spacial score (nSPS) is 21.3. The van der Waals surface area contributed by atoms with Crippen molar-refractivity contribution < 1.29 is 19.1 Å². The maximum Gasteiger partial charge on any atom is 0.328 e. The van der Waals surface area contributed by atoms with Gasteiger partial charge in [-0.2, -0.15) is 0 Å². The van der Waals surface area contributed by atoms with E-state index in [-0.39, 0.29) is 11.8 Å². The average Bonchev–Trinajstić information content (AvgIpc) is 3.24. The molecule has 8 heteroatoms. The smallest absolute Gasteiger partial charge is 0.328 e. The molecule has 8 nitrogen and oxygen atoms in total. The van der Waals surface area contributed by atoms with Crippen molar-refractivity contribution >= 4 is 28.7 Å². The minimum atomic E-state index is -1.16. The number of H-pyrrole nitrogens is 1. The summed E-state index contributed by atoms with van der Waals surface area (Å²) < 4.78 is 5.36. The summed E-state index contributed by atoms with van der Waals surface area (Å²) in [5, 5.41) is 3.85. The van der Waals surface area contributed by atoms with Gasteiger partial charge in [0.1, 0.15) is 11.8 Å². The summed E-state index contributed by atoms with van der Waals surface area (Å²) in [5.74, 6) is 0.0711. The van der Waals surface area contributed by atoms with E-state index in [0.717, 1.165) is 52.1 Å². The number of aromatic nitrogens is 1. The molecule has 1 saturated heterocycles. The molecule has 2 unspecified atom stereocenters. The fraction of sp³-hybridized carbons (Fsp3) is 0.522. The zero-order chi connectivity index (χ0) is 22.3. The van der Waals surface area contributed by atoms with E-state index in [0.29, 0.717) is 19.5 Å². The van der Waals surface area contributed by atoms with Gasteiger partial charge in [-0.25, -0.2) is 9.69 Å². The van der Waals surface area contributed by atoms with Crippen molar-refractivity contribution in [1.29, 1.82) is 0 Å². The van der Waals surface area contributed by atoms with Gasteiger partial charge in [0, 0.05) is 24.0 Å². The van der Waals surface area contributed by atoms with Gasteiger partial charge in [0.25, 0.3) is 5.91 Å². The van der Waals surface area contributed by atoms with Crippen molar-refractivity contribution in [2.75, 3.05) is 20.2 Å². The van der Waals surface area contributed by atoms with Crippen LogP contribution in [0.5, 0.6) is 5.75 Å². The van der Waals surface area contributed by atoms with Crippen LogP contribution in [0.4, 0.5) is 4.79 Å². The Morgan fingerprint density at radius 1 is 1.32 bits per heavy atom. The van der Waals surface area contributed by atoms with Crippen LogP contribution < -0.4 is 10.1 Å². The van der Waals surface area contributed by atoms with Crippen molar-refractivity contribution in [2.45, 2.75) is 58.0 Å². The highest BCUT2D eigenvalue weighted by Crippen LogP contribution is 2.45. The van der Waals surface area contributed by atoms with Gasteiger partial charge in [-0.1, -0.05) is 19.8 Å². The van der Waals surface area contributed by atoms with Crippen LogP contribution in [-0.2, 0) is 21.5 Å². The molecule has 2 N–H and O–H groups in total. The molecule has 1 fully saturated rings. The lowest BCUT2D eigenvalue weighted by Crippen LogP contribution is -2.50. The first-order valence-corrected chi connectivity index (χ1v) is 11.0. The third-order valence-electron chi connectivity index (χ3n) is 6.64. The predicted octanol–water partition coefficient (Wildman–Crippen LogP) is 2.91. The lowest BCUT2D eigenvalue weighted by Gasteiger charge is -2.36. The maximum atomic E-state index is 13.6. The Bertz CT molecular complexity index is 1050. The average molecular weight is 427 g/mol. The summed E-state index contributed by atoms with van der Waals surface area (Å²) in [7, 11) is 1.62. The minimum absolute atomic E-state index is 0.303. The Hall–Kier alpha value is -3.03. The number of rotatable bonds is 7. The number of imide groups is 1. The molecule has 0 aliphatic carbocycles. The van der Waals surface area contributed by atoms with Gasteiger partial charge in [-0.3, -0.25) is 9.59 Å². The molecule has 0 spiro atoms. The molecular formula is C23H30N4O4. The fourth-order valence-corrected chi connectivity index (χ4v) is 4.77. The highest BCUT2D eigenvalue weighted by Gasteiger charge is 2.60. The van der Waals surface area contributed by atoms with E-state index in [1.807, 2.05) is 18.2 Å². The number of benzene rings is 1. The number of carbonyl (C=O) groups excluding carboxylic acids is 3. The van der Waals surface area contributed by atoms with E-state index in [1.165, 1.54) is 0 Å². The third-order valence-corrected chi connectivity index (χ3v) is 6.64. The van der Waals surface area contributed by atoms with E-state index in [2.05, 4.69) is 17.2 Å². The first-order chi connectivity index (χ1) is 14.8. The Morgan fingerprint density at radius 3 is 2.81 bits per heavy atom.